The molecule has 0 aromatic heterocycles. The lowest BCUT2D eigenvalue weighted by Gasteiger charge is -2.29. The molecule has 0 amide bonds. The Morgan fingerprint density at radius 1 is 1.38 bits per heavy atom. The molecule has 118 valence electrons. The van der Waals surface area contributed by atoms with Gasteiger partial charge in [-0.25, -0.2) is 0 Å². The van der Waals surface area contributed by atoms with E-state index in [1.54, 1.807) is 0 Å². The first-order valence-corrected chi connectivity index (χ1v) is 8.29. The van der Waals surface area contributed by atoms with Crippen molar-refractivity contribution in [3.63, 3.8) is 0 Å². The third kappa shape index (κ3) is 6.05. The lowest BCUT2D eigenvalue weighted by molar-refractivity contribution is 0.456. The summed E-state index contributed by atoms with van der Waals surface area (Å²) >= 11 is 0. The SMILES string of the molecule is CC1=C(/C=C/C(C)=C/CCC(C)CCN)C(C)(C)CC=C1. The first-order valence-electron chi connectivity index (χ1n) is 8.29. The molecule has 0 aromatic rings. The number of nitrogens with two attached hydrogens (primary N) is 1. The zero-order valence-electron chi connectivity index (χ0n) is 14.6. The Morgan fingerprint density at radius 3 is 2.71 bits per heavy atom. The van der Waals surface area contributed by atoms with Gasteiger partial charge in [0, 0.05) is 0 Å². The summed E-state index contributed by atoms with van der Waals surface area (Å²) in [6.07, 6.45) is 16.1. The molecule has 1 aliphatic rings. The van der Waals surface area contributed by atoms with Crippen LogP contribution in [-0.2, 0) is 0 Å². The van der Waals surface area contributed by atoms with Crippen molar-refractivity contribution in [1.29, 1.82) is 0 Å². The average Bonchev–Trinajstić information content (AvgIpc) is 2.37. The maximum Gasteiger partial charge on any atom is -0.00664 e. The highest BCUT2D eigenvalue weighted by molar-refractivity contribution is 5.41. The maximum atomic E-state index is 5.59. The predicted octanol–water partition coefficient (Wildman–Crippen LogP) is 5.56. The van der Waals surface area contributed by atoms with Crippen molar-refractivity contribution in [2.45, 2.75) is 60.3 Å². The van der Waals surface area contributed by atoms with Gasteiger partial charge in [-0.2, -0.15) is 0 Å². The number of hydrogen-bond donors (Lipinski definition) is 1. The van der Waals surface area contributed by atoms with Gasteiger partial charge < -0.3 is 5.73 Å². The second-order valence-electron chi connectivity index (χ2n) is 7.13. The van der Waals surface area contributed by atoms with Gasteiger partial charge in [-0.05, 0) is 68.6 Å². The van der Waals surface area contributed by atoms with Crippen molar-refractivity contribution in [3.05, 3.63) is 47.1 Å². The molecular formula is C20H33N. The molecule has 0 aromatic carbocycles. The van der Waals surface area contributed by atoms with E-state index in [2.05, 4.69) is 65.0 Å². The minimum atomic E-state index is 0.255. The zero-order valence-corrected chi connectivity index (χ0v) is 14.6. The Kier molecular flexibility index (Phi) is 7.17. The summed E-state index contributed by atoms with van der Waals surface area (Å²) < 4.78 is 0. The zero-order chi connectivity index (χ0) is 15.9. The van der Waals surface area contributed by atoms with Crippen molar-refractivity contribution in [1.82, 2.24) is 0 Å². The molecule has 0 saturated heterocycles. The van der Waals surface area contributed by atoms with Crippen LogP contribution >= 0.6 is 0 Å². The van der Waals surface area contributed by atoms with Crippen molar-refractivity contribution < 1.29 is 0 Å². The lowest BCUT2D eigenvalue weighted by atomic mass is 9.75. The molecule has 2 N–H and O–H groups in total. The Balaban J connectivity index is 2.61. The molecule has 21 heavy (non-hydrogen) atoms. The molecule has 0 fully saturated rings. The molecule has 0 aliphatic heterocycles. The average molecular weight is 287 g/mol. The van der Waals surface area contributed by atoms with Gasteiger partial charge in [0.2, 0.25) is 0 Å². The van der Waals surface area contributed by atoms with Gasteiger partial charge in [0.1, 0.15) is 0 Å². The maximum absolute atomic E-state index is 5.59. The van der Waals surface area contributed by atoms with Crippen LogP contribution in [-0.4, -0.2) is 6.54 Å². The van der Waals surface area contributed by atoms with E-state index in [9.17, 15) is 0 Å². The Bertz CT molecular complexity index is 446. The summed E-state index contributed by atoms with van der Waals surface area (Å²) in [7, 11) is 0. The topological polar surface area (TPSA) is 26.0 Å². The Hall–Kier alpha value is -1.08. The van der Waals surface area contributed by atoms with Crippen LogP contribution in [0, 0.1) is 11.3 Å². The molecule has 1 aliphatic carbocycles. The van der Waals surface area contributed by atoms with E-state index in [-0.39, 0.29) is 5.41 Å². The summed E-state index contributed by atoms with van der Waals surface area (Å²) in [6, 6.07) is 0. The molecule has 1 unspecified atom stereocenters. The number of rotatable bonds is 7. The molecule has 0 bridgehead atoms. The van der Waals surface area contributed by atoms with Gasteiger partial charge in [-0.1, -0.05) is 56.7 Å². The molecule has 1 nitrogen and oxygen atoms in total. The van der Waals surface area contributed by atoms with Crippen LogP contribution in [0.1, 0.15) is 60.3 Å². The minimum Gasteiger partial charge on any atom is -0.330 e. The highest BCUT2D eigenvalue weighted by Crippen LogP contribution is 2.37. The summed E-state index contributed by atoms with van der Waals surface area (Å²) in [6.45, 7) is 12.2. The van der Waals surface area contributed by atoms with E-state index in [0.717, 1.165) is 31.7 Å². The van der Waals surface area contributed by atoms with Crippen LogP contribution in [0.3, 0.4) is 0 Å². The molecule has 0 saturated carbocycles. The van der Waals surface area contributed by atoms with Gasteiger partial charge in [-0.15, -0.1) is 0 Å². The van der Waals surface area contributed by atoms with E-state index in [0.29, 0.717) is 0 Å². The largest absolute Gasteiger partial charge is 0.330 e. The van der Waals surface area contributed by atoms with Crippen molar-refractivity contribution in [2.75, 3.05) is 6.54 Å². The quantitative estimate of drug-likeness (QED) is 0.610. The molecule has 0 radical (unpaired) electrons. The van der Waals surface area contributed by atoms with E-state index >= 15 is 0 Å². The minimum absolute atomic E-state index is 0.255. The van der Waals surface area contributed by atoms with Gasteiger partial charge in [0.25, 0.3) is 0 Å². The fraction of sp³-hybridized carbons (Fsp3) is 0.600. The predicted molar refractivity (Wildman–Crippen MR) is 95.2 cm³/mol. The second-order valence-corrected chi connectivity index (χ2v) is 7.13. The van der Waals surface area contributed by atoms with Gasteiger partial charge in [-0.3, -0.25) is 0 Å². The van der Waals surface area contributed by atoms with Crippen molar-refractivity contribution in [2.24, 2.45) is 17.1 Å². The lowest BCUT2D eigenvalue weighted by Crippen LogP contribution is -2.16. The third-order valence-corrected chi connectivity index (χ3v) is 4.45. The molecule has 1 heteroatoms. The summed E-state index contributed by atoms with van der Waals surface area (Å²) in [5.41, 5.74) is 10.1. The highest BCUT2D eigenvalue weighted by atomic mass is 14.5. The fourth-order valence-electron chi connectivity index (χ4n) is 2.93. The summed E-state index contributed by atoms with van der Waals surface area (Å²) in [4.78, 5) is 0. The van der Waals surface area contributed by atoms with E-state index < -0.39 is 0 Å². The third-order valence-electron chi connectivity index (χ3n) is 4.45. The molecule has 1 rings (SSSR count). The Labute approximate surface area is 131 Å². The molecule has 0 heterocycles. The first kappa shape index (κ1) is 18.0. The van der Waals surface area contributed by atoms with Crippen LogP contribution in [0.5, 0.6) is 0 Å². The molecule has 1 atom stereocenters. The van der Waals surface area contributed by atoms with Crippen LogP contribution in [0.2, 0.25) is 0 Å². The molecular weight excluding hydrogens is 254 g/mol. The van der Waals surface area contributed by atoms with Crippen LogP contribution in [0.15, 0.2) is 47.1 Å². The van der Waals surface area contributed by atoms with E-state index in [1.807, 2.05) is 0 Å². The smallest absolute Gasteiger partial charge is 0.00664 e. The van der Waals surface area contributed by atoms with Gasteiger partial charge in [0.15, 0.2) is 0 Å². The van der Waals surface area contributed by atoms with Crippen LogP contribution in [0.4, 0.5) is 0 Å². The van der Waals surface area contributed by atoms with E-state index in [4.69, 9.17) is 5.73 Å². The van der Waals surface area contributed by atoms with Crippen molar-refractivity contribution >= 4 is 0 Å². The standard InChI is InChI=1S/C20H33N/c1-16(8-6-9-17(2)13-15-21)11-12-19-18(3)10-7-14-20(19,4)5/h7-8,10-12,17H,6,9,13-15,21H2,1-5H3/b12-11+,16-8+. The number of hydrogen-bond acceptors (Lipinski definition) is 1. The number of allylic oxidation sites excluding steroid dienone is 8. The monoisotopic (exact) mass is 287 g/mol. The van der Waals surface area contributed by atoms with E-state index in [1.165, 1.54) is 23.1 Å². The first-order chi connectivity index (χ1) is 9.86. The highest BCUT2D eigenvalue weighted by Gasteiger charge is 2.23. The molecule has 0 spiro atoms. The van der Waals surface area contributed by atoms with Crippen LogP contribution < -0.4 is 5.73 Å². The fourth-order valence-corrected chi connectivity index (χ4v) is 2.93. The van der Waals surface area contributed by atoms with Crippen LogP contribution in [0.25, 0.3) is 0 Å². The van der Waals surface area contributed by atoms with Crippen molar-refractivity contribution in [3.8, 4) is 0 Å². The summed E-state index contributed by atoms with van der Waals surface area (Å²) in [5, 5.41) is 0. The van der Waals surface area contributed by atoms with Gasteiger partial charge >= 0.3 is 0 Å². The normalized spacial score (nSPS) is 20.4. The summed E-state index contributed by atoms with van der Waals surface area (Å²) in [5.74, 6) is 0.732. The van der Waals surface area contributed by atoms with Gasteiger partial charge in [0.05, 0.1) is 0 Å². The second kappa shape index (κ2) is 8.38. The Morgan fingerprint density at radius 2 is 2.10 bits per heavy atom.